The molecular weight excluding hydrogens is 364 g/mol. The summed E-state index contributed by atoms with van der Waals surface area (Å²) in [5.74, 6) is -0.0554. The van der Waals surface area contributed by atoms with Gasteiger partial charge in [-0.25, -0.2) is 9.97 Å². The fraction of sp³-hybridized carbons (Fsp3) is 0.333. The molecule has 0 saturated carbocycles. The van der Waals surface area contributed by atoms with Crippen molar-refractivity contribution in [3.05, 3.63) is 52.8 Å². The lowest BCUT2D eigenvalue weighted by atomic mass is 10.1. The van der Waals surface area contributed by atoms with Crippen molar-refractivity contribution in [2.45, 2.75) is 20.0 Å². The highest BCUT2D eigenvalue weighted by atomic mass is 32.1. The van der Waals surface area contributed by atoms with Crippen molar-refractivity contribution in [3.63, 3.8) is 0 Å². The molecule has 0 unspecified atom stereocenters. The Morgan fingerprint density at radius 2 is 2.04 bits per heavy atom. The Kier molecular flexibility index (Phi) is 4.87. The predicted octanol–water partition coefficient (Wildman–Crippen LogP) is 2.22. The molecule has 9 heteroatoms. The lowest BCUT2D eigenvalue weighted by Crippen LogP contribution is -2.42. The van der Waals surface area contributed by atoms with E-state index in [2.05, 4.69) is 24.5 Å². The van der Waals surface area contributed by atoms with Crippen molar-refractivity contribution >= 4 is 17.4 Å². The van der Waals surface area contributed by atoms with Gasteiger partial charge in [-0.2, -0.15) is 0 Å². The highest BCUT2D eigenvalue weighted by molar-refractivity contribution is 7.07. The number of hydrogen-bond donors (Lipinski definition) is 0. The zero-order valence-electron chi connectivity index (χ0n) is 15.0. The molecule has 3 aromatic rings. The fourth-order valence-corrected chi connectivity index (χ4v) is 3.68. The third-order valence-corrected chi connectivity index (χ3v) is 5.21. The molecule has 1 aliphatic rings. The van der Waals surface area contributed by atoms with Crippen LogP contribution >= 0.6 is 11.5 Å². The van der Waals surface area contributed by atoms with Crippen molar-refractivity contribution in [1.29, 1.82) is 0 Å². The second kappa shape index (κ2) is 7.45. The van der Waals surface area contributed by atoms with Crippen LogP contribution < -0.4 is 0 Å². The average Bonchev–Trinajstić information content (AvgIpc) is 3.13. The van der Waals surface area contributed by atoms with Gasteiger partial charge in [0.2, 0.25) is 0 Å². The first kappa shape index (κ1) is 17.6. The van der Waals surface area contributed by atoms with Crippen molar-refractivity contribution in [2.24, 2.45) is 0 Å². The molecule has 1 fully saturated rings. The van der Waals surface area contributed by atoms with Crippen LogP contribution in [0.2, 0.25) is 0 Å². The number of carbonyl (C=O) groups is 1. The summed E-state index contributed by atoms with van der Waals surface area (Å²) in [6.45, 7) is 5.18. The average molecular weight is 382 g/mol. The van der Waals surface area contributed by atoms with Gasteiger partial charge in [0, 0.05) is 30.2 Å². The predicted molar refractivity (Wildman–Crippen MR) is 99.2 cm³/mol. The number of aryl methyl sites for hydroxylation is 2. The Morgan fingerprint density at radius 1 is 1.22 bits per heavy atom. The number of ether oxygens (including phenoxy) is 1. The van der Waals surface area contributed by atoms with E-state index in [9.17, 15) is 4.79 Å². The SMILES string of the molecule is Cc1cc(-c2cncnc2)cc([C@@H]2CN(C(=O)c3snnc3C)CCO2)n1. The summed E-state index contributed by atoms with van der Waals surface area (Å²) >= 11 is 1.13. The number of rotatable bonds is 3. The van der Waals surface area contributed by atoms with Crippen LogP contribution in [0.3, 0.4) is 0 Å². The van der Waals surface area contributed by atoms with E-state index >= 15 is 0 Å². The van der Waals surface area contributed by atoms with E-state index < -0.39 is 0 Å². The van der Waals surface area contributed by atoms with Gasteiger partial charge >= 0.3 is 0 Å². The molecule has 0 radical (unpaired) electrons. The number of pyridine rings is 1. The molecule has 0 aromatic carbocycles. The van der Waals surface area contributed by atoms with E-state index in [1.807, 2.05) is 19.1 Å². The number of hydrogen-bond acceptors (Lipinski definition) is 8. The zero-order chi connectivity index (χ0) is 18.8. The first-order chi connectivity index (χ1) is 13.1. The van der Waals surface area contributed by atoms with Gasteiger partial charge in [-0.15, -0.1) is 5.10 Å². The van der Waals surface area contributed by atoms with Crippen LogP contribution in [0.15, 0.2) is 30.9 Å². The lowest BCUT2D eigenvalue weighted by Gasteiger charge is -2.32. The third kappa shape index (κ3) is 3.69. The largest absolute Gasteiger partial charge is 0.368 e. The first-order valence-corrected chi connectivity index (χ1v) is 9.33. The van der Waals surface area contributed by atoms with E-state index in [-0.39, 0.29) is 12.0 Å². The Morgan fingerprint density at radius 3 is 2.78 bits per heavy atom. The molecule has 27 heavy (non-hydrogen) atoms. The molecular formula is C18H18N6O2S. The number of morpholine rings is 1. The Hall–Kier alpha value is -2.78. The van der Waals surface area contributed by atoms with Crippen LogP contribution in [0.4, 0.5) is 0 Å². The van der Waals surface area contributed by atoms with Crippen molar-refractivity contribution in [1.82, 2.24) is 29.4 Å². The number of amides is 1. The number of nitrogens with zero attached hydrogens (tertiary/aromatic N) is 6. The molecule has 0 N–H and O–H groups in total. The minimum absolute atomic E-state index is 0.0554. The number of carbonyl (C=O) groups excluding carboxylic acids is 1. The van der Waals surface area contributed by atoms with Crippen LogP contribution in [0, 0.1) is 13.8 Å². The molecule has 1 aliphatic heterocycles. The second-order valence-electron chi connectivity index (χ2n) is 6.35. The standard InChI is InChI=1S/C18H18N6O2S/c1-11-5-13(14-7-19-10-20-8-14)6-15(21-11)16-9-24(3-4-26-16)18(25)17-12(2)22-23-27-17/h5-8,10,16H,3-4,9H2,1-2H3/t16-/m0/s1. The normalized spacial score (nSPS) is 17.1. The van der Waals surface area contributed by atoms with E-state index in [1.165, 1.54) is 6.33 Å². The lowest BCUT2D eigenvalue weighted by molar-refractivity contribution is -0.0246. The quantitative estimate of drug-likeness (QED) is 0.685. The van der Waals surface area contributed by atoms with Gasteiger partial charge in [0.25, 0.3) is 5.91 Å². The van der Waals surface area contributed by atoms with E-state index in [4.69, 9.17) is 4.74 Å². The van der Waals surface area contributed by atoms with Crippen molar-refractivity contribution < 1.29 is 9.53 Å². The first-order valence-electron chi connectivity index (χ1n) is 8.55. The Labute approximate surface area is 160 Å². The highest BCUT2D eigenvalue weighted by Gasteiger charge is 2.29. The highest BCUT2D eigenvalue weighted by Crippen LogP contribution is 2.27. The molecule has 0 aliphatic carbocycles. The van der Waals surface area contributed by atoms with Gasteiger partial charge < -0.3 is 9.64 Å². The van der Waals surface area contributed by atoms with E-state index in [0.29, 0.717) is 30.3 Å². The minimum Gasteiger partial charge on any atom is -0.368 e. The summed E-state index contributed by atoms with van der Waals surface area (Å²) in [7, 11) is 0. The Balaban J connectivity index is 1.59. The van der Waals surface area contributed by atoms with Crippen LogP contribution in [0.1, 0.15) is 32.9 Å². The molecule has 0 spiro atoms. The van der Waals surface area contributed by atoms with Crippen molar-refractivity contribution in [3.8, 4) is 11.1 Å². The summed E-state index contributed by atoms with van der Waals surface area (Å²) in [4.78, 5) is 27.9. The Bertz CT molecular complexity index is 961. The van der Waals surface area contributed by atoms with Crippen LogP contribution in [-0.4, -0.2) is 55.0 Å². The van der Waals surface area contributed by atoms with Gasteiger partial charge in [0.1, 0.15) is 17.3 Å². The summed E-state index contributed by atoms with van der Waals surface area (Å²) in [6.07, 6.45) is 4.75. The van der Waals surface area contributed by atoms with E-state index in [0.717, 1.165) is 34.0 Å². The summed E-state index contributed by atoms with van der Waals surface area (Å²) in [6, 6.07) is 3.96. The van der Waals surface area contributed by atoms with Crippen LogP contribution in [0.25, 0.3) is 11.1 Å². The maximum Gasteiger partial charge on any atom is 0.267 e. The van der Waals surface area contributed by atoms with Crippen LogP contribution in [0.5, 0.6) is 0 Å². The van der Waals surface area contributed by atoms with Gasteiger partial charge in [0.05, 0.1) is 24.5 Å². The van der Waals surface area contributed by atoms with Crippen molar-refractivity contribution in [2.75, 3.05) is 19.7 Å². The molecule has 0 bridgehead atoms. The summed E-state index contributed by atoms with van der Waals surface area (Å²) in [5.41, 5.74) is 4.23. The molecule has 1 atom stereocenters. The molecule has 3 aromatic heterocycles. The molecule has 8 nitrogen and oxygen atoms in total. The van der Waals surface area contributed by atoms with Gasteiger partial charge in [-0.05, 0) is 43.1 Å². The van der Waals surface area contributed by atoms with Gasteiger partial charge in [-0.3, -0.25) is 9.78 Å². The third-order valence-electron chi connectivity index (χ3n) is 4.40. The molecule has 1 saturated heterocycles. The number of aromatic nitrogens is 5. The topological polar surface area (TPSA) is 94.0 Å². The molecule has 138 valence electrons. The monoisotopic (exact) mass is 382 g/mol. The van der Waals surface area contributed by atoms with Gasteiger partial charge in [-0.1, -0.05) is 4.49 Å². The van der Waals surface area contributed by atoms with Gasteiger partial charge in [0.15, 0.2) is 0 Å². The maximum atomic E-state index is 12.8. The minimum atomic E-state index is -0.285. The fourth-order valence-electron chi connectivity index (χ4n) is 3.06. The molecule has 4 heterocycles. The van der Waals surface area contributed by atoms with Crippen LogP contribution in [-0.2, 0) is 4.74 Å². The molecule has 4 rings (SSSR count). The summed E-state index contributed by atoms with van der Waals surface area (Å²) < 4.78 is 9.78. The molecule has 1 amide bonds. The summed E-state index contributed by atoms with van der Waals surface area (Å²) in [5, 5.41) is 3.93. The second-order valence-corrected chi connectivity index (χ2v) is 7.10. The van der Waals surface area contributed by atoms with E-state index in [1.54, 1.807) is 24.2 Å². The zero-order valence-corrected chi connectivity index (χ0v) is 15.8. The smallest absolute Gasteiger partial charge is 0.267 e. The maximum absolute atomic E-state index is 12.8.